The summed E-state index contributed by atoms with van der Waals surface area (Å²) < 4.78 is 3.08. The molecule has 1 N–H and O–H groups in total. The summed E-state index contributed by atoms with van der Waals surface area (Å²) in [4.78, 5) is 0. The zero-order valence-electron chi connectivity index (χ0n) is 9.81. The lowest BCUT2D eigenvalue weighted by atomic mass is 10.1. The van der Waals surface area contributed by atoms with Gasteiger partial charge in [-0.15, -0.1) is 0 Å². The molecule has 1 heterocycles. The highest BCUT2D eigenvalue weighted by molar-refractivity contribution is 9.10. The Labute approximate surface area is 110 Å². The molecule has 0 amide bonds. The number of aromatic nitrogens is 2. The maximum absolute atomic E-state index is 4.17. The summed E-state index contributed by atoms with van der Waals surface area (Å²) >= 11 is 3.57. The van der Waals surface area contributed by atoms with Gasteiger partial charge in [0.2, 0.25) is 0 Å². The van der Waals surface area contributed by atoms with Crippen LogP contribution in [0.1, 0.15) is 18.5 Å². The molecule has 0 unspecified atom stereocenters. The van der Waals surface area contributed by atoms with Gasteiger partial charge in [0.05, 0.1) is 6.54 Å². The van der Waals surface area contributed by atoms with Crippen molar-refractivity contribution in [2.75, 3.05) is 6.54 Å². The molecule has 0 aliphatic rings. The van der Waals surface area contributed by atoms with Gasteiger partial charge in [0, 0.05) is 29.5 Å². The first kappa shape index (κ1) is 12.3. The fourth-order valence-electron chi connectivity index (χ4n) is 1.76. The molecule has 2 rings (SSSR count). The van der Waals surface area contributed by atoms with E-state index in [-0.39, 0.29) is 0 Å². The Morgan fingerprint density at radius 1 is 1.35 bits per heavy atom. The standard InChI is InChI=1S/C13H16BrN3/c1-11(12-5-2-3-6-13(12)14)15-8-10-17-9-4-7-16-17/h2-7,9,11,15H,8,10H2,1H3/t11-/m0/s1. The van der Waals surface area contributed by atoms with E-state index in [4.69, 9.17) is 0 Å². The van der Waals surface area contributed by atoms with Crippen LogP contribution in [0.25, 0.3) is 0 Å². The Balaban J connectivity index is 1.85. The van der Waals surface area contributed by atoms with Gasteiger partial charge < -0.3 is 5.32 Å². The van der Waals surface area contributed by atoms with Gasteiger partial charge in [-0.2, -0.15) is 5.10 Å². The van der Waals surface area contributed by atoms with E-state index < -0.39 is 0 Å². The number of hydrogen-bond donors (Lipinski definition) is 1. The molecule has 0 radical (unpaired) electrons. The Kier molecular flexibility index (Phi) is 4.34. The van der Waals surface area contributed by atoms with Crippen molar-refractivity contribution in [3.63, 3.8) is 0 Å². The van der Waals surface area contributed by atoms with Crippen molar-refractivity contribution < 1.29 is 0 Å². The molecule has 0 aliphatic heterocycles. The summed E-state index contributed by atoms with van der Waals surface area (Å²) in [5.74, 6) is 0. The summed E-state index contributed by atoms with van der Waals surface area (Å²) in [5, 5.41) is 7.66. The molecule has 17 heavy (non-hydrogen) atoms. The van der Waals surface area contributed by atoms with Gasteiger partial charge in [0.25, 0.3) is 0 Å². The number of benzene rings is 1. The van der Waals surface area contributed by atoms with Crippen molar-refractivity contribution >= 4 is 15.9 Å². The topological polar surface area (TPSA) is 29.9 Å². The SMILES string of the molecule is C[C@H](NCCn1cccn1)c1ccccc1Br. The molecule has 0 bridgehead atoms. The molecular weight excluding hydrogens is 278 g/mol. The highest BCUT2D eigenvalue weighted by Gasteiger charge is 2.07. The number of rotatable bonds is 5. The Morgan fingerprint density at radius 3 is 2.88 bits per heavy atom. The summed E-state index contributed by atoms with van der Waals surface area (Å²) in [6.07, 6.45) is 3.78. The van der Waals surface area contributed by atoms with Crippen LogP contribution in [-0.4, -0.2) is 16.3 Å². The molecule has 0 saturated carbocycles. The second kappa shape index (κ2) is 5.98. The molecule has 0 aliphatic carbocycles. The molecule has 4 heteroatoms. The first-order valence-corrected chi connectivity index (χ1v) is 6.52. The third-order valence-electron chi connectivity index (χ3n) is 2.72. The van der Waals surface area contributed by atoms with E-state index in [1.54, 1.807) is 6.20 Å². The highest BCUT2D eigenvalue weighted by Crippen LogP contribution is 2.22. The van der Waals surface area contributed by atoms with Gasteiger partial charge >= 0.3 is 0 Å². The van der Waals surface area contributed by atoms with E-state index in [9.17, 15) is 0 Å². The first-order valence-electron chi connectivity index (χ1n) is 5.72. The van der Waals surface area contributed by atoms with Crippen molar-refractivity contribution in [1.82, 2.24) is 15.1 Å². The average Bonchev–Trinajstić information content (AvgIpc) is 2.82. The van der Waals surface area contributed by atoms with E-state index >= 15 is 0 Å². The maximum Gasteiger partial charge on any atom is 0.0534 e. The van der Waals surface area contributed by atoms with Gasteiger partial charge in [-0.05, 0) is 24.6 Å². The minimum absolute atomic E-state index is 0.334. The predicted octanol–water partition coefficient (Wildman–Crippen LogP) is 3.00. The maximum atomic E-state index is 4.17. The van der Waals surface area contributed by atoms with Crippen LogP contribution in [-0.2, 0) is 6.54 Å². The zero-order valence-corrected chi connectivity index (χ0v) is 11.4. The van der Waals surface area contributed by atoms with Gasteiger partial charge in [-0.3, -0.25) is 4.68 Å². The van der Waals surface area contributed by atoms with Gasteiger partial charge in [-0.25, -0.2) is 0 Å². The molecular formula is C13H16BrN3. The second-order valence-corrected chi connectivity index (χ2v) is 4.82. The predicted molar refractivity (Wildman–Crippen MR) is 72.8 cm³/mol. The van der Waals surface area contributed by atoms with Crippen LogP contribution < -0.4 is 5.32 Å². The van der Waals surface area contributed by atoms with Crippen molar-refractivity contribution in [1.29, 1.82) is 0 Å². The fourth-order valence-corrected chi connectivity index (χ4v) is 2.39. The molecule has 0 saturated heterocycles. The Bertz CT molecular complexity index is 453. The average molecular weight is 294 g/mol. The van der Waals surface area contributed by atoms with Crippen LogP contribution in [0.3, 0.4) is 0 Å². The van der Waals surface area contributed by atoms with E-state index in [1.807, 2.05) is 23.0 Å². The smallest absolute Gasteiger partial charge is 0.0534 e. The third-order valence-corrected chi connectivity index (χ3v) is 3.44. The summed E-state index contributed by atoms with van der Waals surface area (Å²) in [6.45, 7) is 3.97. The monoisotopic (exact) mass is 293 g/mol. The normalized spacial score (nSPS) is 12.6. The van der Waals surface area contributed by atoms with Crippen molar-refractivity contribution in [3.05, 3.63) is 52.8 Å². The number of hydrogen-bond acceptors (Lipinski definition) is 2. The van der Waals surface area contributed by atoms with E-state index in [1.165, 1.54) is 5.56 Å². The third kappa shape index (κ3) is 3.41. The molecule has 1 aromatic carbocycles. The molecule has 1 atom stereocenters. The van der Waals surface area contributed by atoms with Crippen molar-refractivity contribution in [2.24, 2.45) is 0 Å². The largest absolute Gasteiger partial charge is 0.308 e. The van der Waals surface area contributed by atoms with Crippen LogP contribution in [0.5, 0.6) is 0 Å². The van der Waals surface area contributed by atoms with Crippen LogP contribution in [0, 0.1) is 0 Å². The van der Waals surface area contributed by atoms with Crippen LogP contribution in [0.15, 0.2) is 47.2 Å². The summed E-state index contributed by atoms with van der Waals surface area (Å²) in [6, 6.07) is 10.6. The number of nitrogens with one attached hydrogen (secondary N) is 1. The van der Waals surface area contributed by atoms with E-state index in [0.29, 0.717) is 6.04 Å². The quantitative estimate of drug-likeness (QED) is 0.918. The van der Waals surface area contributed by atoms with Crippen LogP contribution in [0.4, 0.5) is 0 Å². The van der Waals surface area contributed by atoms with Crippen molar-refractivity contribution in [3.8, 4) is 0 Å². The van der Waals surface area contributed by atoms with Crippen LogP contribution in [0.2, 0.25) is 0 Å². The Hall–Kier alpha value is -1.13. The lowest BCUT2D eigenvalue weighted by Gasteiger charge is -2.15. The van der Waals surface area contributed by atoms with Gasteiger partial charge in [0.15, 0.2) is 0 Å². The minimum Gasteiger partial charge on any atom is -0.308 e. The molecule has 2 aromatic rings. The van der Waals surface area contributed by atoms with Crippen LogP contribution >= 0.6 is 15.9 Å². The lowest BCUT2D eigenvalue weighted by molar-refractivity contribution is 0.506. The highest BCUT2D eigenvalue weighted by atomic mass is 79.9. The van der Waals surface area contributed by atoms with Gasteiger partial charge in [0.1, 0.15) is 0 Å². The summed E-state index contributed by atoms with van der Waals surface area (Å²) in [7, 11) is 0. The Morgan fingerprint density at radius 2 is 2.18 bits per heavy atom. The zero-order chi connectivity index (χ0) is 12.1. The van der Waals surface area contributed by atoms with Gasteiger partial charge in [-0.1, -0.05) is 34.1 Å². The van der Waals surface area contributed by atoms with Crippen molar-refractivity contribution in [2.45, 2.75) is 19.5 Å². The van der Waals surface area contributed by atoms with E-state index in [2.05, 4.69) is 51.5 Å². The fraction of sp³-hybridized carbons (Fsp3) is 0.308. The van der Waals surface area contributed by atoms with E-state index in [0.717, 1.165) is 17.6 Å². The minimum atomic E-state index is 0.334. The molecule has 3 nitrogen and oxygen atoms in total. The lowest BCUT2D eigenvalue weighted by Crippen LogP contribution is -2.23. The molecule has 0 fully saturated rings. The number of halogens is 1. The summed E-state index contributed by atoms with van der Waals surface area (Å²) in [5.41, 5.74) is 1.29. The molecule has 0 spiro atoms. The second-order valence-electron chi connectivity index (χ2n) is 3.97. The number of nitrogens with zero attached hydrogens (tertiary/aromatic N) is 2. The first-order chi connectivity index (χ1) is 8.27. The molecule has 90 valence electrons. The molecule has 1 aromatic heterocycles.